The first kappa shape index (κ1) is 16.3. The highest BCUT2D eigenvalue weighted by atomic mass is 32.1. The number of halogens is 1. The molecular formula is C18H21FN4OS. The zero-order chi connectivity index (χ0) is 17.2. The molecule has 5 nitrogen and oxygen atoms in total. The molecule has 1 aliphatic heterocycles. The Hall–Kier alpha value is -2.15. The molecule has 0 spiro atoms. The normalized spacial score (nSPS) is 18.2. The summed E-state index contributed by atoms with van der Waals surface area (Å²) in [6, 6.07) is 6.62. The van der Waals surface area contributed by atoms with E-state index in [2.05, 4.69) is 15.6 Å². The summed E-state index contributed by atoms with van der Waals surface area (Å²) in [5.41, 5.74) is 2.03. The van der Waals surface area contributed by atoms with Crippen molar-refractivity contribution in [3.8, 4) is 0 Å². The van der Waals surface area contributed by atoms with Crippen LogP contribution in [0.3, 0.4) is 0 Å². The van der Waals surface area contributed by atoms with Crippen molar-refractivity contribution in [2.75, 3.05) is 23.7 Å². The lowest BCUT2D eigenvalue weighted by Gasteiger charge is -2.32. The van der Waals surface area contributed by atoms with E-state index >= 15 is 0 Å². The molecule has 7 heteroatoms. The molecule has 2 amide bonds. The molecule has 2 heterocycles. The van der Waals surface area contributed by atoms with E-state index in [1.807, 2.05) is 10.3 Å². The van der Waals surface area contributed by atoms with Crippen LogP contribution in [0.15, 0.2) is 29.6 Å². The number of rotatable bonds is 4. The molecule has 2 N–H and O–H groups in total. The van der Waals surface area contributed by atoms with E-state index in [4.69, 9.17) is 0 Å². The van der Waals surface area contributed by atoms with E-state index in [-0.39, 0.29) is 11.8 Å². The molecule has 1 saturated heterocycles. The van der Waals surface area contributed by atoms with Crippen molar-refractivity contribution in [2.24, 2.45) is 0 Å². The summed E-state index contributed by atoms with van der Waals surface area (Å²) < 4.78 is 13.0. The Labute approximate surface area is 150 Å². The second kappa shape index (κ2) is 7.00. The smallest absolute Gasteiger partial charge is 0.323 e. The van der Waals surface area contributed by atoms with Crippen molar-refractivity contribution < 1.29 is 9.18 Å². The maximum absolute atomic E-state index is 13.0. The second-order valence-electron chi connectivity index (χ2n) is 6.69. The Kier molecular flexibility index (Phi) is 4.57. The van der Waals surface area contributed by atoms with Crippen molar-refractivity contribution in [1.29, 1.82) is 0 Å². The molecule has 4 rings (SSSR count). The number of benzene rings is 1. The SMILES string of the molecule is O=C(Nc1nc(C2CC2)cs1)N1CCC(Nc2ccc(F)cc2)CC1. The van der Waals surface area contributed by atoms with Crippen LogP contribution in [-0.4, -0.2) is 35.0 Å². The van der Waals surface area contributed by atoms with Gasteiger partial charge in [-0.25, -0.2) is 14.2 Å². The number of amides is 2. The van der Waals surface area contributed by atoms with Gasteiger partial charge in [0, 0.05) is 36.1 Å². The molecule has 2 aliphatic rings. The van der Waals surface area contributed by atoms with Gasteiger partial charge in [0.25, 0.3) is 0 Å². The number of likely N-dealkylation sites (tertiary alicyclic amines) is 1. The minimum absolute atomic E-state index is 0.0723. The van der Waals surface area contributed by atoms with Gasteiger partial charge in [-0.15, -0.1) is 11.3 Å². The zero-order valence-corrected chi connectivity index (χ0v) is 14.7. The Morgan fingerprint density at radius 1 is 1.16 bits per heavy atom. The van der Waals surface area contributed by atoms with Crippen LogP contribution in [0.25, 0.3) is 0 Å². The fourth-order valence-electron chi connectivity index (χ4n) is 3.09. The first-order chi connectivity index (χ1) is 12.2. The van der Waals surface area contributed by atoms with Gasteiger partial charge in [0.15, 0.2) is 5.13 Å². The van der Waals surface area contributed by atoms with Crippen molar-refractivity contribution in [2.45, 2.75) is 37.6 Å². The fraction of sp³-hybridized carbons (Fsp3) is 0.444. The van der Waals surface area contributed by atoms with Crippen LogP contribution < -0.4 is 10.6 Å². The summed E-state index contributed by atoms with van der Waals surface area (Å²) in [7, 11) is 0. The Morgan fingerprint density at radius 2 is 1.88 bits per heavy atom. The number of carbonyl (C=O) groups excluding carboxylic acids is 1. The third-order valence-electron chi connectivity index (χ3n) is 4.73. The number of nitrogens with one attached hydrogen (secondary N) is 2. The minimum Gasteiger partial charge on any atom is -0.382 e. The molecule has 1 aromatic heterocycles. The highest BCUT2D eigenvalue weighted by Crippen LogP contribution is 2.40. The first-order valence-electron chi connectivity index (χ1n) is 8.71. The average Bonchev–Trinajstić information content (AvgIpc) is 3.37. The number of hydrogen-bond donors (Lipinski definition) is 2. The average molecular weight is 360 g/mol. The number of carbonyl (C=O) groups is 1. The summed E-state index contributed by atoms with van der Waals surface area (Å²) in [6.45, 7) is 1.40. The largest absolute Gasteiger partial charge is 0.382 e. The van der Waals surface area contributed by atoms with Crippen LogP contribution in [0.5, 0.6) is 0 Å². The summed E-state index contributed by atoms with van der Waals surface area (Å²) >= 11 is 1.50. The maximum atomic E-state index is 13.0. The van der Waals surface area contributed by atoms with Crippen LogP contribution in [0, 0.1) is 5.82 Å². The van der Waals surface area contributed by atoms with Gasteiger partial charge in [-0.3, -0.25) is 5.32 Å². The van der Waals surface area contributed by atoms with E-state index in [1.165, 1.54) is 36.3 Å². The molecule has 1 saturated carbocycles. The van der Waals surface area contributed by atoms with Gasteiger partial charge >= 0.3 is 6.03 Å². The molecule has 0 atom stereocenters. The van der Waals surface area contributed by atoms with E-state index in [9.17, 15) is 9.18 Å². The van der Waals surface area contributed by atoms with Crippen molar-refractivity contribution in [3.05, 3.63) is 41.2 Å². The minimum atomic E-state index is -0.232. The van der Waals surface area contributed by atoms with Crippen LogP contribution in [0.4, 0.5) is 20.0 Å². The zero-order valence-electron chi connectivity index (χ0n) is 13.9. The molecule has 0 radical (unpaired) electrons. The van der Waals surface area contributed by atoms with Gasteiger partial charge in [-0.1, -0.05) is 0 Å². The highest BCUT2D eigenvalue weighted by Gasteiger charge is 2.27. The number of nitrogens with zero attached hydrogens (tertiary/aromatic N) is 2. The van der Waals surface area contributed by atoms with Crippen LogP contribution in [0.1, 0.15) is 37.3 Å². The quantitative estimate of drug-likeness (QED) is 0.856. The number of anilines is 2. The number of piperidine rings is 1. The standard InChI is InChI=1S/C18H21FN4OS/c19-13-3-5-14(6-4-13)20-15-7-9-23(10-8-15)18(24)22-17-21-16(11-25-17)12-1-2-12/h3-6,11-12,15,20H,1-2,7-10H2,(H,21,22,24). The molecule has 1 aliphatic carbocycles. The summed E-state index contributed by atoms with van der Waals surface area (Å²) in [4.78, 5) is 18.7. The fourth-order valence-corrected chi connectivity index (χ4v) is 3.87. The number of urea groups is 1. The number of thiazole rings is 1. The molecule has 132 valence electrons. The molecule has 1 aromatic carbocycles. The van der Waals surface area contributed by atoms with E-state index in [0.29, 0.717) is 30.2 Å². The molecule has 25 heavy (non-hydrogen) atoms. The summed E-state index contributed by atoms with van der Waals surface area (Å²) in [6.07, 6.45) is 4.17. The topological polar surface area (TPSA) is 57.3 Å². The predicted molar refractivity (Wildman–Crippen MR) is 97.7 cm³/mol. The van der Waals surface area contributed by atoms with Crippen LogP contribution in [0.2, 0.25) is 0 Å². The molecule has 2 aromatic rings. The Bertz CT molecular complexity index is 736. The Morgan fingerprint density at radius 3 is 2.56 bits per heavy atom. The van der Waals surface area contributed by atoms with Crippen molar-refractivity contribution in [3.63, 3.8) is 0 Å². The van der Waals surface area contributed by atoms with Gasteiger partial charge in [0.1, 0.15) is 5.82 Å². The van der Waals surface area contributed by atoms with Gasteiger partial charge in [0.05, 0.1) is 5.69 Å². The van der Waals surface area contributed by atoms with Gasteiger partial charge in [0.2, 0.25) is 0 Å². The van der Waals surface area contributed by atoms with Crippen LogP contribution in [-0.2, 0) is 0 Å². The Balaban J connectivity index is 1.25. The maximum Gasteiger partial charge on any atom is 0.323 e. The van der Waals surface area contributed by atoms with Gasteiger partial charge < -0.3 is 10.2 Å². The monoisotopic (exact) mass is 360 g/mol. The van der Waals surface area contributed by atoms with E-state index in [0.717, 1.165) is 24.2 Å². The van der Waals surface area contributed by atoms with Gasteiger partial charge in [-0.2, -0.15) is 0 Å². The van der Waals surface area contributed by atoms with E-state index in [1.54, 1.807) is 12.1 Å². The van der Waals surface area contributed by atoms with E-state index < -0.39 is 0 Å². The third kappa shape index (κ3) is 4.10. The molecular weight excluding hydrogens is 339 g/mol. The predicted octanol–water partition coefficient (Wildman–Crippen LogP) is 4.27. The summed E-state index contributed by atoms with van der Waals surface area (Å²) in [5, 5.41) is 9.06. The van der Waals surface area contributed by atoms with Crippen molar-refractivity contribution >= 4 is 28.2 Å². The molecule has 2 fully saturated rings. The lowest BCUT2D eigenvalue weighted by atomic mass is 10.0. The number of hydrogen-bond acceptors (Lipinski definition) is 4. The lowest BCUT2D eigenvalue weighted by molar-refractivity contribution is 0.197. The lowest BCUT2D eigenvalue weighted by Crippen LogP contribution is -2.44. The van der Waals surface area contributed by atoms with Crippen LogP contribution >= 0.6 is 11.3 Å². The van der Waals surface area contributed by atoms with Crippen molar-refractivity contribution in [1.82, 2.24) is 9.88 Å². The molecule has 0 bridgehead atoms. The summed E-state index contributed by atoms with van der Waals surface area (Å²) in [5.74, 6) is 0.374. The van der Waals surface area contributed by atoms with Gasteiger partial charge in [-0.05, 0) is 49.9 Å². The third-order valence-corrected chi connectivity index (χ3v) is 5.50. The first-order valence-corrected chi connectivity index (χ1v) is 9.59. The highest BCUT2D eigenvalue weighted by molar-refractivity contribution is 7.13. The number of aromatic nitrogens is 1. The second-order valence-corrected chi connectivity index (χ2v) is 7.55. The molecule has 0 unspecified atom stereocenters.